The Bertz CT molecular complexity index is 1070. The van der Waals surface area contributed by atoms with Crippen molar-refractivity contribution in [2.75, 3.05) is 45.9 Å². The monoisotopic (exact) mass is 436 g/mol. The Balaban J connectivity index is 1.21. The molecular weight excluding hydrogens is 407 g/mol. The number of benzene rings is 2. The molecular formula is C25H29FN4O2. The van der Waals surface area contributed by atoms with E-state index in [1.54, 1.807) is 12.4 Å². The van der Waals surface area contributed by atoms with Gasteiger partial charge in [0.1, 0.15) is 5.82 Å². The minimum Gasteiger partial charge on any atom is -0.381 e. The summed E-state index contributed by atoms with van der Waals surface area (Å²) in [4.78, 5) is 22.5. The number of aromatic nitrogens is 2. The van der Waals surface area contributed by atoms with Crippen LogP contribution in [-0.4, -0.2) is 71.2 Å². The summed E-state index contributed by atoms with van der Waals surface area (Å²) < 4.78 is 21.1. The molecule has 2 aliphatic rings. The molecule has 6 nitrogen and oxygen atoms in total. The number of carbonyl (C=O) groups is 1. The maximum Gasteiger partial charge on any atom is 0.233 e. The van der Waals surface area contributed by atoms with Crippen LogP contribution >= 0.6 is 0 Å². The van der Waals surface area contributed by atoms with Crippen molar-refractivity contribution in [1.82, 2.24) is 19.4 Å². The van der Waals surface area contributed by atoms with Gasteiger partial charge in [-0.1, -0.05) is 30.3 Å². The van der Waals surface area contributed by atoms with Crippen LogP contribution < -0.4 is 0 Å². The number of rotatable bonds is 5. The van der Waals surface area contributed by atoms with Gasteiger partial charge in [0.2, 0.25) is 5.91 Å². The van der Waals surface area contributed by atoms with Gasteiger partial charge in [-0.2, -0.15) is 0 Å². The lowest BCUT2D eigenvalue weighted by atomic mass is 9.73. The second-order valence-corrected chi connectivity index (χ2v) is 8.77. The second kappa shape index (κ2) is 9.00. The summed E-state index contributed by atoms with van der Waals surface area (Å²) in [6.07, 6.45) is 3.26. The molecule has 0 radical (unpaired) electrons. The molecule has 0 aliphatic carbocycles. The van der Waals surface area contributed by atoms with Crippen LogP contribution in [0.15, 0.2) is 54.9 Å². The standard InChI is InChI=1S/C25H29FN4O2/c26-21-6-7-23-22(18-21)27-19-30(23)15-12-28-10-13-29(14-11-28)24(31)25(8-16-32-17-9-25)20-4-2-1-3-5-20/h1-7,18-19H,8-17H2. The predicted octanol–water partition coefficient (Wildman–Crippen LogP) is 3.07. The van der Waals surface area contributed by atoms with Crippen LogP contribution in [0.25, 0.3) is 11.0 Å². The Morgan fingerprint density at radius 1 is 1.00 bits per heavy atom. The molecule has 0 saturated carbocycles. The number of piperazine rings is 1. The topological polar surface area (TPSA) is 50.6 Å². The summed E-state index contributed by atoms with van der Waals surface area (Å²) in [5, 5.41) is 0. The third-order valence-electron chi connectivity index (χ3n) is 6.98. The van der Waals surface area contributed by atoms with Gasteiger partial charge in [-0.3, -0.25) is 9.69 Å². The Labute approximate surface area is 187 Å². The first kappa shape index (κ1) is 21.1. The highest BCUT2D eigenvalue weighted by atomic mass is 19.1. The minimum atomic E-state index is -0.466. The Morgan fingerprint density at radius 2 is 1.75 bits per heavy atom. The van der Waals surface area contributed by atoms with E-state index in [2.05, 4.69) is 26.6 Å². The smallest absolute Gasteiger partial charge is 0.233 e. The average molecular weight is 437 g/mol. The zero-order valence-electron chi connectivity index (χ0n) is 18.3. The molecule has 2 aromatic carbocycles. The largest absolute Gasteiger partial charge is 0.381 e. The van der Waals surface area contributed by atoms with Crippen LogP contribution in [0.2, 0.25) is 0 Å². The molecule has 2 saturated heterocycles. The number of hydrogen-bond acceptors (Lipinski definition) is 4. The lowest BCUT2D eigenvalue weighted by molar-refractivity contribution is -0.143. The number of carbonyl (C=O) groups excluding carboxylic acids is 1. The highest BCUT2D eigenvalue weighted by molar-refractivity contribution is 5.88. The van der Waals surface area contributed by atoms with E-state index in [0.717, 1.165) is 63.2 Å². The number of imidazole rings is 1. The molecule has 3 aromatic rings. The molecule has 0 spiro atoms. The third kappa shape index (κ3) is 4.02. The Morgan fingerprint density at radius 3 is 2.50 bits per heavy atom. The first-order valence-corrected chi connectivity index (χ1v) is 11.4. The summed E-state index contributed by atoms with van der Waals surface area (Å²) in [5.74, 6) is -0.0179. The molecule has 1 aromatic heterocycles. The molecule has 5 rings (SSSR count). The molecule has 2 fully saturated rings. The Kier molecular flexibility index (Phi) is 5.93. The lowest BCUT2D eigenvalue weighted by Gasteiger charge is -2.43. The van der Waals surface area contributed by atoms with E-state index in [0.29, 0.717) is 18.7 Å². The zero-order chi connectivity index (χ0) is 22.0. The average Bonchev–Trinajstić information content (AvgIpc) is 3.25. The molecule has 7 heteroatoms. The molecule has 0 N–H and O–H groups in total. The molecule has 3 heterocycles. The first-order chi connectivity index (χ1) is 15.7. The quantitative estimate of drug-likeness (QED) is 0.617. The van der Waals surface area contributed by atoms with Crippen molar-refractivity contribution in [1.29, 1.82) is 0 Å². The van der Waals surface area contributed by atoms with E-state index in [1.807, 2.05) is 23.1 Å². The van der Waals surface area contributed by atoms with Gasteiger partial charge < -0.3 is 14.2 Å². The highest BCUT2D eigenvalue weighted by Gasteiger charge is 2.44. The van der Waals surface area contributed by atoms with E-state index in [9.17, 15) is 9.18 Å². The fourth-order valence-corrected chi connectivity index (χ4v) is 5.04. The molecule has 0 unspecified atom stereocenters. The summed E-state index contributed by atoms with van der Waals surface area (Å²) in [7, 11) is 0. The first-order valence-electron chi connectivity index (χ1n) is 11.4. The fraction of sp³-hybridized carbons (Fsp3) is 0.440. The minimum absolute atomic E-state index is 0.245. The van der Waals surface area contributed by atoms with Crippen molar-refractivity contribution in [3.8, 4) is 0 Å². The maximum atomic E-state index is 13.7. The van der Waals surface area contributed by atoms with Crippen LogP contribution in [0.1, 0.15) is 18.4 Å². The van der Waals surface area contributed by atoms with Gasteiger partial charge in [-0.05, 0) is 30.5 Å². The normalized spacial score (nSPS) is 19.3. The van der Waals surface area contributed by atoms with Gasteiger partial charge in [0.25, 0.3) is 0 Å². The highest BCUT2D eigenvalue weighted by Crippen LogP contribution is 2.37. The van der Waals surface area contributed by atoms with Crippen LogP contribution in [0, 0.1) is 5.82 Å². The van der Waals surface area contributed by atoms with Gasteiger partial charge in [0.05, 0.1) is 22.8 Å². The van der Waals surface area contributed by atoms with Crippen molar-refractivity contribution >= 4 is 16.9 Å². The number of halogens is 1. The molecule has 32 heavy (non-hydrogen) atoms. The lowest BCUT2D eigenvalue weighted by Crippen LogP contribution is -2.56. The van der Waals surface area contributed by atoms with Crippen LogP contribution in [0.4, 0.5) is 4.39 Å². The van der Waals surface area contributed by atoms with Crippen molar-refractivity contribution in [2.24, 2.45) is 0 Å². The summed E-state index contributed by atoms with van der Waals surface area (Å²) in [6.45, 7) is 6.12. The van der Waals surface area contributed by atoms with Crippen molar-refractivity contribution < 1.29 is 13.9 Å². The van der Waals surface area contributed by atoms with Gasteiger partial charge >= 0.3 is 0 Å². The fourth-order valence-electron chi connectivity index (χ4n) is 5.04. The van der Waals surface area contributed by atoms with E-state index in [-0.39, 0.29) is 11.7 Å². The summed E-state index contributed by atoms with van der Waals surface area (Å²) >= 11 is 0. The molecule has 0 bridgehead atoms. The van der Waals surface area contributed by atoms with Crippen molar-refractivity contribution in [3.05, 3.63) is 66.2 Å². The number of hydrogen-bond donors (Lipinski definition) is 0. The van der Waals surface area contributed by atoms with E-state index in [4.69, 9.17) is 4.74 Å². The van der Waals surface area contributed by atoms with E-state index >= 15 is 0 Å². The van der Waals surface area contributed by atoms with Crippen LogP contribution in [0.3, 0.4) is 0 Å². The summed E-state index contributed by atoms with van der Waals surface area (Å²) in [6, 6.07) is 14.9. The third-order valence-corrected chi connectivity index (χ3v) is 6.98. The van der Waals surface area contributed by atoms with E-state index in [1.165, 1.54) is 12.1 Å². The molecule has 168 valence electrons. The molecule has 2 aliphatic heterocycles. The van der Waals surface area contributed by atoms with E-state index < -0.39 is 5.41 Å². The van der Waals surface area contributed by atoms with Crippen molar-refractivity contribution in [3.63, 3.8) is 0 Å². The van der Waals surface area contributed by atoms with Gasteiger partial charge in [0.15, 0.2) is 0 Å². The molecule has 0 atom stereocenters. The predicted molar refractivity (Wildman–Crippen MR) is 121 cm³/mol. The molecule has 1 amide bonds. The SMILES string of the molecule is O=C(N1CCN(CCn2cnc3cc(F)ccc32)CC1)C1(c2ccccc2)CCOCC1. The number of ether oxygens (including phenoxy) is 1. The second-order valence-electron chi connectivity index (χ2n) is 8.77. The zero-order valence-corrected chi connectivity index (χ0v) is 18.3. The van der Waals surface area contributed by atoms with Crippen LogP contribution in [0.5, 0.6) is 0 Å². The van der Waals surface area contributed by atoms with Gasteiger partial charge in [-0.15, -0.1) is 0 Å². The van der Waals surface area contributed by atoms with Gasteiger partial charge in [-0.25, -0.2) is 9.37 Å². The number of nitrogens with zero attached hydrogens (tertiary/aromatic N) is 4. The maximum absolute atomic E-state index is 13.7. The van der Waals surface area contributed by atoms with Gasteiger partial charge in [0, 0.05) is 58.5 Å². The van der Waals surface area contributed by atoms with Crippen LogP contribution in [-0.2, 0) is 21.5 Å². The number of amides is 1. The number of fused-ring (bicyclic) bond motifs is 1. The van der Waals surface area contributed by atoms with Crippen molar-refractivity contribution in [2.45, 2.75) is 24.8 Å². The summed E-state index contributed by atoms with van der Waals surface area (Å²) in [5.41, 5.74) is 2.28. The Hall–Kier alpha value is -2.77.